The predicted octanol–water partition coefficient (Wildman–Crippen LogP) is 20.6. The zero-order valence-corrected chi connectivity index (χ0v) is 48.6. The van der Waals surface area contributed by atoms with Crippen LogP contribution in [0.25, 0.3) is 0 Å². The van der Waals surface area contributed by atoms with Crippen LogP contribution in [0.1, 0.15) is 213 Å². The van der Waals surface area contributed by atoms with Crippen LogP contribution in [-0.4, -0.2) is 37.2 Å². The summed E-state index contributed by atoms with van der Waals surface area (Å²) >= 11 is 0. The lowest BCUT2D eigenvalue weighted by atomic mass is 10.1. The summed E-state index contributed by atoms with van der Waals surface area (Å²) in [4.78, 5) is 38.1. The van der Waals surface area contributed by atoms with Gasteiger partial charge in [0.05, 0.1) is 6.42 Å². The fraction of sp³-hybridized carbons (Fsp3) is 0.507. The van der Waals surface area contributed by atoms with E-state index in [0.29, 0.717) is 19.3 Å². The Labute approximate surface area is 471 Å². The first-order valence-electron chi connectivity index (χ1n) is 29.9. The molecule has 0 radical (unpaired) electrons. The molecular formula is C71H106O6. The molecule has 0 rings (SSSR count). The highest BCUT2D eigenvalue weighted by Gasteiger charge is 2.19. The second-order valence-corrected chi connectivity index (χ2v) is 18.8. The Morgan fingerprint density at radius 1 is 0.286 bits per heavy atom. The van der Waals surface area contributed by atoms with Crippen molar-refractivity contribution in [2.45, 2.75) is 219 Å². The van der Waals surface area contributed by atoms with Crippen LogP contribution in [-0.2, 0) is 28.6 Å². The Bertz CT molecular complexity index is 1880. The van der Waals surface area contributed by atoms with Gasteiger partial charge in [0, 0.05) is 12.8 Å². The van der Waals surface area contributed by atoms with Crippen molar-refractivity contribution in [3.05, 3.63) is 194 Å². The third kappa shape index (κ3) is 61.0. The van der Waals surface area contributed by atoms with Gasteiger partial charge in [0.15, 0.2) is 6.10 Å². The fourth-order valence-electron chi connectivity index (χ4n) is 7.19. The molecular weight excluding hydrogens is 949 g/mol. The van der Waals surface area contributed by atoms with Crippen LogP contribution in [0.15, 0.2) is 194 Å². The largest absolute Gasteiger partial charge is 0.462 e. The third-order valence-electron chi connectivity index (χ3n) is 11.6. The van der Waals surface area contributed by atoms with Gasteiger partial charge < -0.3 is 14.2 Å². The van der Waals surface area contributed by atoms with Crippen LogP contribution >= 0.6 is 0 Å². The lowest BCUT2D eigenvalue weighted by Gasteiger charge is -2.18. The molecule has 0 N–H and O–H groups in total. The van der Waals surface area contributed by atoms with E-state index in [-0.39, 0.29) is 38.0 Å². The monoisotopic (exact) mass is 1050 g/mol. The molecule has 0 saturated carbocycles. The number of hydrogen-bond acceptors (Lipinski definition) is 6. The summed E-state index contributed by atoms with van der Waals surface area (Å²) in [6, 6.07) is 0. The van der Waals surface area contributed by atoms with Gasteiger partial charge in [0.2, 0.25) is 0 Å². The quantitative estimate of drug-likeness (QED) is 0.0261. The van der Waals surface area contributed by atoms with Gasteiger partial charge in [-0.2, -0.15) is 0 Å². The molecule has 0 aromatic carbocycles. The maximum atomic E-state index is 12.8. The van der Waals surface area contributed by atoms with Crippen molar-refractivity contribution >= 4 is 17.9 Å². The van der Waals surface area contributed by atoms with Gasteiger partial charge in [-0.1, -0.05) is 247 Å². The summed E-state index contributed by atoms with van der Waals surface area (Å²) in [6.07, 6.45) is 96.0. The second-order valence-electron chi connectivity index (χ2n) is 18.8. The molecule has 0 saturated heterocycles. The molecule has 0 aliphatic rings. The Balaban J connectivity index is 4.57. The Morgan fingerprint density at radius 3 is 0.909 bits per heavy atom. The highest BCUT2D eigenvalue weighted by molar-refractivity contribution is 5.72. The van der Waals surface area contributed by atoms with Gasteiger partial charge in [-0.25, -0.2) is 0 Å². The van der Waals surface area contributed by atoms with E-state index in [0.717, 1.165) is 135 Å². The molecule has 0 bridgehead atoms. The van der Waals surface area contributed by atoms with Crippen LogP contribution in [0, 0.1) is 0 Å². The first-order chi connectivity index (χ1) is 38.0. The molecule has 0 amide bonds. The zero-order chi connectivity index (χ0) is 55.7. The number of hydrogen-bond donors (Lipinski definition) is 0. The third-order valence-corrected chi connectivity index (χ3v) is 11.6. The SMILES string of the molecule is CC/C=C\C/C=C\C/C=C\C/C=C\C/C=C\C/C=C\C/C=C\C/C=C\C/C=C\CCCC(=O)OCC(COC(=O)CCCCCCC/C=C\C/C=C\CCCCC)OC(=O)C/C=C\C/C=C\C/C=C\C/C=C\C/C=C\CC. The van der Waals surface area contributed by atoms with E-state index >= 15 is 0 Å². The number of allylic oxidation sites excluding steroid dienone is 31. The van der Waals surface area contributed by atoms with E-state index in [2.05, 4.69) is 203 Å². The first-order valence-corrected chi connectivity index (χ1v) is 29.9. The highest BCUT2D eigenvalue weighted by Crippen LogP contribution is 2.11. The molecule has 0 fully saturated rings. The number of carbonyl (C=O) groups is 3. The molecule has 1 atom stereocenters. The summed E-state index contributed by atoms with van der Waals surface area (Å²) in [5.74, 6) is -1.17. The van der Waals surface area contributed by atoms with E-state index in [1.807, 2.05) is 6.08 Å². The van der Waals surface area contributed by atoms with E-state index in [9.17, 15) is 14.4 Å². The highest BCUT2D eigenvalue weighted by atomic mass is 16.6. The molecule has 6 heteroatoms. The van der Waals surface area contributed by atoms with Gasteiger partial charge in [0.25, 0.3) is 0 Å². The fourth-order valence-corrected chi connectivity index (χ4v) is 7.19. The zero-order valence-electron chi connectivity index (χ0n) is 48.6. The standard InChI is InChI=1S/C71H106O6/c1-4-7-10-13-16-19-22-25-28-29-30-31-32-33-34-35-36-37-38-39-40-41-44-46-49-52-55-58-61-64-70(73)76-67-68(77-71(74)65-62-59-56-53-50-47-43-27-24-21-18-15-12-9-6-3)66-75-69(72)63-60-57-54-51-48-45-42-26-23-20-17-14-11-8-5-2/h7,9-10,12,16-21,25-28,30-31,33-34,36-37,39-40,42-44,46,50,52-53,55,59,62,68H,4-6,8,11,13-15,22-24,29,32,35,38,41,45,47-49,51,54,56-58,60-61,63-67H2,1-3H3/b10-7-,12-9-,19-16-,20-17-,21-18-,28-25-,31-30-,34-33-,37-36-,40-39-,42-26-,43-27-,46-44-,53-50-,55-52-,62-59-. The lowest BCUT2D eigenvalue weighted by molar-refractivity contribution is -0.166. The van der Waals surface area contributed by atoms with Gasteiger partial charge >= 0.3 is 17.9 Å². The van der Waals surface area contributed by atoms with Crippen molar-refractivity contribution in [1.82, 2.24) is 0 Å². The van der Waals surface area contributed by atoms with Gasteiger partial charge in [-0.3, -0.25) is 14.4 Å². The van der Waals surface area contributed by atoms with Crippen molar-refractivity contribution in [2.24, 2.45) is 0 Å². The maximum Gasteiger partial charge on any atom is 0.310 e. The predicted molar refractivity (Wildman–Crippen MR) is 334 cm³/mol. The summed E-state index contributed by atoms with van der Waals surface area (Å²) in [6.45, 7) is 6.21. The number of ether oxygens (including phenoxy) is 3. The normalized spacial score (nSPS) is 13.5. The van der Waals surface area contributed by atoms with Crippen molar-refractivity contribution in [1.29, 1.82) is 0 Å². The van der Waals surface area contributed by atoms with Gasteiger partial charge in [-0.05, 0) is 141 Å². The van der Waals surface area contributed by atoms with Crippen LogP contribution < -0.4 is 0 Å². The van der Waals surface area contributed by atoms with Crippen molar-refractivity contribution in [3.8, 4) is 0 Å². The van der Waals surface area contributed by atoms with Crippen LogP contribution in [0.3, 0.4) is 0 Å². The topological polar surface area (TPSA) is 78.9 Å². The molecule has 6 nitrogen and oxygen atoms in total. The summed E-state index contributed by atoms with van der Waals surface area (Å²) in [5.41, 5.74) is 0. The average molecular weight is 1060 g/mol. The Kier molecular flexibility index (Phi) is 58.1. The number of esters is 3. The van der Waals surface area contributed by atoms with E-state index in [1.54, 1.807) is 6.08 Å². The van der Waals surface area contributed by atoms with Gasteiger partial charge in [0.1, 0.15) is 13.2 Å². The summed E-state index contributed by atoms with van der Waals surface area (Å²) in [7, 11) is 0. The van der Waals surface area contributed by atoms with Crippen molar-refractivity contribution in [3.63, 3.8) is 0 Å². The van der Waals surface area contributed by atoms with Gasteiger partial charge in [-0.15, -0.1) is 0 Å². The molecule has 0 aromatic rings. The maximum absolute atomic E-state index is 12.8. The minimum atomic E-state index is -0.874. The van der Waals surface area contributed by atoms with Crippen LogP contribution in [0.5, 0.6) is 0 Å². The molecule has 77 heavy (non-hydrogen) atoms. The molecule has 0 aliphatic heterocycles. The minimum Gasteiger partial charge on any atom is -0.462 e. The van der Waals surface area contributed by atoms with Crippen LogP contribution in [0.4, 0.5) is 0 Å². The number of carbonyl (C=O) groups excluding carboxylic acids is 3. The smallest absolute Gasteiger partial charge is 0.310 e. The van der Waals surface area contributed by atoms with Crippen molar-refractivity contribution < 1.29 is 28.6 Å². The molecule has 0 heterocycles. The number of unbranched alkanes of at least 4 members (excludes halogenated alkanes) is 9. The lowest BCUT2D eigenvalue weighted by Crippen LogP contribution is -2.30. The molecule has 1 unspecified atom stereocenters. The Morgan fingerprint density at radius 2 is 0.558 bits per heavy atom. The minimum absolute atomic E-state index is 0.0706. The summed E-state index contributed by atoms with van der Waals surface area (Å²) in [5, 5.41) is 0. The van der Waals surface area contributed by atoms with E-state index < -0.39 is 12.1 Å². The van der Waals surface area contributed by atoms with Crippen molar-refractivity contribution in [2.75, 3.05) is 13.2 Å². The average Bonchev–Trinajstić information content (AvgIpc) is 3.43. The van der Waals surface area contributed by atoms with Crippen LogP contribution in [0.2, 0.25) is 0 Å². The number of rotatable bonds is 51. The van der Waals surface area contributed by atoms with E-state index in [4.69, 9.17) is 14.2 Å². The molecule has 0 aliphatic carbocycles. The molecule has 0 aromatic heterocycles. The second kappa shape index (κ2) is 62.8. The summed E-state index contributed by atoms with van der Waals surface area (Å²) < 4.78 is 16.7. The molecule has 0 spiro atoms. The first kappa shape index (κ1) is 71.2. The van der Waals surface area contributed by atoms with E-state index in [1.165, 1.54) is 25.7 Å². The molecule has 426 valence electrons. The Hall–Kier alpha value is -5.75.